The Kier molecular flexibility index (Phi) is 5.69. The van der Waals surface area contributed by atoms with Crippen LogP contribution in [-0.4, -0.2) is 21.9 Å². The number of rotatable bonds is 5. The van der Waals surface area contributed by atoms with E-state index >= 15 is 0 Å². The van der Waals surface area contributed by atoms with Gasteiger partial charge in [-0.1, -0.05) is 12.1 Å². The summed E-state index contributed by atoms with van der Waals surface area (Å²) < 4.78 is 26.2. The lowest BCUT2D eigenvalue weighted by Crippen LogP contribution is -2.12. The van der Waals surface area contributed by atoms with Gasteiger partial charge in [-0.15, -0.1) is 0 Å². The van der Waals surface area contributed by atoms with Crippen LogP contribution in [0.5, 0.6) is 11.5 Å². The van der Waals surface area contributed by atoms with Crippen molar-refractivity contribution in [1.82, 2.24) is 0 Å². The Bertz CT molecular complexity index is 1110. The number of halogens is 2. The van der Waals surface area contributed by atoms with Crippen LogP contribution in [0.15, 0.2) is 66.7 Å². The molecule has 3 rings (SSSR count). The maximum atomic E-state index is 13.2. The average molecular weight is 395 g/mol. The van der Waals surface area contributed by atoms with E-state index in [2.05, 4.69) is 5.32 Å². The van der Waals surface area contributed by atoms with Crippen molar-refractivity contribution in [2.45, 2.75) is 0 Å². The third-order valence-electron chi connectivity index (χ3n) is 4.04. The standard InChI is InChI=1S/C22H15F2NO4/c23-17-8-5-15(12-18(17)24)22(29)25-16-6-3-14(4-7-16)19(26)9-1-13-2-10-20(27)21(28)11-13/h1-12,27-28H,(H,25,29)/b9-1+. The molecule has 0 aliphatic heterocycles. The van der Waals surface area contributed by atoms with E-state index in [1.807, 2.05) is 0 Å². The molecule has 3 aromatic carbocycles. The van der Waals surface area contributed by atoms with Crippen molar-refractivity contribution in [3.8, 4) is 11.5 Å². The summed E-state index contributed by atoms with van der Waals surface area (Å²) in [5, 5.41) is 21.3. The molecule has 0 heterocycles. The summed E-state index contributed by atoms with van der Waals surface area (Å²) >= 11 is 0. The van der Waals surface area contributed by atoms with Gasteiger partial charge in [0.15, 0.2) is 28.9 Å². The highest BCUT2D eigenvalue weighted by atomic mass is 19.2. The lowest BCUT2D eigenvalue weighted by atomic mass is 10.1. The minimum atomic E-state index is -1.12. The third kappa shape index (κ3) is 4.84. The summed E-state index contributed by atoms with van der Waals surface area (Å²) in [6.07, 6.45) is 2.79. The van der Waals surface area contributed by atoms with Gasteiger partial charge < -0.3 is 15.5 Å². The highest BCUT2D eigenvalue weighted by Gasteiger charge is 2.10. The fraction of sp³-hybridized carbons (Fsp3) is 0. The van der Waals surface area contributed by atoms with E-state index in [-0.39, 0.29) is 22.8 Å². The van der Waals surface area contributed by atoms with Crippen molar-refractivity contribution in [3.05, 3.63) is 95.1 Å². The van der Waals surface area contributed by atoms with Crippen LogP contribution in [0.1, 0.15) is 26.3 Å². The zero-order chi connectivity index (χ0) is 21.0. The van der Waals surface area contributed by atoms with Crippen molar-refractivity contribution < 1.29 is 28.6 Å². The molecule has 7 heteroatoms. The van der Waals surface area contributed by atoms with E-state index in [1.165, 1.54) is 54.6 Å². The monoisotopic (exact) mass is 395 g/mol. The lowest BCUT2D eigenvalue weighted by Gasteiger charge is -2.06. The number of allylic oxidation sites excluding steroid dienone is 1. The van der Waals surface area contributed by atoms with Crippen molar-refractivity contribution in [3.63, 3.8) is 0 Å². The number of aromatic hydroxyl groups is 2. The second-order valence-electron chi connectivity index (χ2n) is 6.11. The number of carbonyl (C=O) groups is 2. The van der Waals surface area contributed by atoms with Crippen LogP contribution in [0.4, 0.5) is 14.5 Å². The number of amides is 1. The van der Waals surface area contributed by atoms with Gasteiger partial charge >= 0.3 is 0 Å². The maximum absolute atomic E-state index is 13.2. The van der Waals surface area contributed by atoms with Gasteiger partial charge in [0, 0.05) is 16.8 Å². The molecule has 1 amide bonds. The van der Waals surface area contributed by atoms with Gasteiger partial charge in [0.2, 0.25) is 0 Å². The van der Waals surface area contributed by atoms with Gasteiger partial charge in [-0.05, 0) is 66.2 Å². The number of benzene rings is 3. The molecule has 0 saturated heterocycles. The van der Waals surface area contributed by atoms with E-state index in [0.29, 0.717) is 16.8 Å². The molecule has 29 heavy (non-hydrogen) atoms. The van der Waals surface area contributed by atoms with Gasteiger partial charge in [0.25, 0.3) is 5.91 Å². The Balaban J connectivity index is 1.66. The van der Waals surface area contributed by atoms with Crippen molar-refractivity contribution in [2.75, 3.05) is 5.32 Å². The number of ketones is 1. The summed E-state index contributed by atoms with van der Waals surface area (Å²) in [6, 6.07) is 13.0. The average Bonchev–Trinajstić information content (AvgIpc) is 2.71. The number of nitrogens with one attached hydrogen (secondary N) is 1. The molecule has 0 atom stereocenters. The highest BCUT2D eigenvalue weighted by molar-refractivity contribution is 6.08. The molecule has 0 aliphatic carbocycles. The second kappa shape index (κ2) is 8.35. The summed E-state index contributed by atoms with van der Waals surface area (Å²) in [5.74, 6) is -3.63. The van der Waals surface area contributed by atoms with Crippen molar-refractivity contribution in [1.29, 1.82) is 0 Å². The zero-order valence-corrected chi connectivity index (χ0v) is 14.9. The van der Waals surface area contributed by atoms with Gasteiger partial charge in [0.1, 0.15) is 0 Å². The number of hydrogen-bond acceptors (Lipinski definition) is 4. The first-order valence-corrected chi connectivity index (χ1v) is 8.44. The number of phenolic OH excluding ortho intramolecular Hbond substituents is 2. The molecular weight excluding hydrogens is 380 g/mol. The Hall–Kier alpha value is -4.00. The van der Waals surface area contributed by atoms with Gasteiger partial charge in [0.05, 0.1) is 0 Å². The van der Waals surface area contributed by atoms with Crippen LogP contribution in [0.2, 0.25) is 0 Å². The molecule has 3 N–H and O–H groups in total. The molecule has 0 bridgehead atoms. The SMILES string of the molecule is O=C(/C=C/c1ccc(O)c(O)c1)c1ccc(NC(=O)c2ccc(F)c(F)c2)cc1. The predicted molar refractivity (Wildman–Crippen MR) is 104 cm³/mol. The first-order valence-electron chi connectivity index (χ1n) is 8.44. The number of phenols is 2. The van der Waals surface area contributed by atoms with E-state index in [1.54, 1.807) is 0 Å². The van der Waals surface area contributed by atoms with E-state index < -0.39 is 17.5 Å². The van der Waals surface area contributed by atoms with Crippen LogP contribution >= 0.6 is 0 Å². The van der Waals surface area contributed by atoms with E-state index in [0.717, 1.165) is 18.2 Å². The number of hydrogen-bond donors (Lipinski definition) is 3. The second-order valence-corrected chi connectivity index (χ2v) is 6.11. The molecule has 3 aromatic rings. The Labute approximate surface area is 164 Å². The molecule has 0 saturated carbocycles. The summed E-state index contributed by atoms with van der Waals surface area (Å²) in [5.41, 5.74) is 1.23. The fourth-order valence-corrected chi connectivity index (χ4v) is 2.47. The lowest BCUT2D eigenvalue weighted by molar-refractivity contribution is 0.102. The van der Waals surface area contributed by atoms with Crippen LogP contribution in [0.25, 0.3) is 6.08 Å². The largest absolute Gasteiger partial charge is 0.504 e. The molecule has 0 fully saturated rings. The molecule has 0 aromatic heterocycles. The zero-order valence-electron chi connectivity index (χ0n) is 14.9. The molecule has 5 nitrogen and oxygen atoms in total. The first kappa shape index (κ1) is 19.8. The van der Waals surface area contributed by atoms with Gasteiger partial charge in [-0.2, -0.15) is 0 Å². The predicted octanol–water partition coefficient (Wildman–Crippen LogP) is 4.52. The molecular formula is C22H15F2NO4. The minimum Gasteiger partial charge on any atom is -0.504 e. The Morgan fingerprint density at radius 2 is 1.48 bits per heavy atom. The Morgan fingerprint density at radius 3 is 2.14 bits per heavy atom. The fourth-order valence-electron chi connectivity index (χ4n) is 2.47. The van der Waals surface area contributed by atoms with Crippen molar-refractivity contribution in [2.24, 2.45) is 0 Å². The summed E-state index contributed by atoms with van der Waals surface area (Å²) in [4.78, 5) is 24.3. The Morgan fingerprint density at radius 1 is 0.793 bits per heavy atom. The summed E-state index contributed by atoms with van der Waals surface area (Å²) in [7, 11) is 0. The quantitative estimate of drug-likeness (QED) is 0.337. The molecule has 0 spiro atoms. The molecule has 0 radical (unpaired) electrons. The van der Waals surface area contributed by atoms with Gasteiger partial charge in [-0.25, -0.2) is 8.78 Å². The summed E-state index contributed by atoms with van der Waals surface area (Å²) in [6.45, 7) is 0. The topological polar surface area (TPSA) is 86.6 Å². The first-order chi connectivity index (χ1) is 13.8. The maximum Gasteiger partial charge on any atom is 0.255 e. The third-order valence-corrected chi connectivity index (χ3v) is 4.04. The minimum absolute atomic E-state index is 0.0378. The van der Waals surface area contributed by atoms with Crippen LogP contribution in [0, 0.1) is 11.6 Å². The smallest absolute Gasteiger partial charge is 0.255 e. The highest BCUT2D eigenvalue weighted by Crippen LogP contribution is 2.25. The normalized spacial score (nSPS) is 10.8. The molecule has 0 unspecified atom stereocenters. The molecule has 0 aliphatic rings. The number of anilines is 1. The molecule has 146 valence electrons. The van der Waals surface area contributed by atoms with E-state index in [9.17, 15) is 28.6 Å². The van der Waals surface area contributed by atoms with Crippen LogP contribution in [0.3, 0.4) is 0 Å². The van der Waals surface area contributed by atoms with E-state index in [4.69, 9.17) is 0 Å². The van der Waals surface area contributed by atoms with Crippen LogP contribution in [-0.2, 0) is 0 Å². The van der Waals surface area contributed by atoms with Crippen LogP contribution < -0.4 is 5.32 Å². The van der Waals surface area contributed by atoms with Crippen molar-refractivity contribution >= 4 is 23.5 Å². The number of carbonyl (C=O) groups excluding carboxylic acids is 2. The van der Waals surface area contributed by atoms with Gasteiger partial charge in [-0.3, -0.25) is 9.59 Å².